The summed E-state index contributed by atoms with van der Waals surface area (Å²) in [5, 5.41) is 23.3. The number of unbranched alkanes of at least 4 members (excludes halogenated alkanes) is 56. The van der Waals surface area contributed by atoms with Crippen LogP contribution in [-0.4, -0.2) is 34.9 Å². The summed E-state index contributed by atoms with van der Waals surface area (Å²) in [7, 11) is 0. The van der Waals surface area contributed by atoms with Gasteiger partial charge in [-0.25, -0.2) is 0 Å². The number of hydrogen-bond donors (Lipinski definition) is 3. The number of hydrogen-bond acceptors (Lipinski definition) is 3. The molecule has 2 unspecified atom stereocenters. The first-order chi connectivity index (χ1) is 35.2. The van der Waals surface area contributed by atoms with Crippen LogP contribution in [0.3, 0.4) is 0 Å². The van der Waals surface area contributed by atoms with Gasteiger partial charge in [-0.3, -0.25) is 4.79 Å². The van der Waals surface area contributed by atoms with Gasteiger partial charge in [0, 0.05) is 6.42 Å². The average molecular weight is 1000 g/mol. The van der Waals surface area contributed by atoms with Gasteiger partial charge in [-0.15, -0.1) is 0 Å². The van der Waals surface area contributed by atoms with Crippen molar-refractivity contribution >= 4 is 5.91 Å². The third-order valence-electron chi connectivity index (χ3n) is 16.0. The van der Waals surface area contributed by atoms with E-state index in [9.17, 15) is 15.0 Å². The zero-order chi connectivity index (χ0) is 51.3. The number of rotatable bonds is 63. The molecule has 4 nitrogen and oxygen atoms in total. The summed E-state index contributed by atoms with van der Waals surface area (Å²) in [5.74, 6) is -0.0536. The lowest BCUT2D eigenvalue weighted by Crippen LogP contribution is -2.45. The average Bonchev–Trinajstić information content (AvgIpc) is 3.37. The highest BCUT2D eigenvalue weighted by Crippen LogP contribution is 2.19. The minimum atomic E-state index is -0.837. The minimum absolute atomic E-state index is 0.0536. The Morgan fingerprint density at radius 3 is 0.732 bits per heavy atom. The first-order valence-corrected chi connectivity index (χ1v) is 33.4. The normalized spacial score (nSPS) is 12.7. The summed E-state index contributed by atoms with van der Waals surface area (Å²) in [5.41, 5.74) is 0. The van der Waals surface area contributed by atoms with Crippen molar-refractivity contribution in [1.29, 1.82) is 0 Å². The highest BCUT2D eigenvalue weighted by atomic mass is 16.3. The first kappa shape index (κ1) is 70.1. The SMILES string of the molecule is CCCCCCCCCCCCCCCCCCCCCCCCCCCCCCCC/C=C/C(O)C(CO)NC(=O)CCCCCCCCCCCCCCCCCCCCCCCCCCCCC. The molecule has 0 spiro atoms. The molecule has 0 radical (unpaired) electrons. The van der Waals surface area contributed by atoms with Crippen LogP contribution in [0.5, 0.6) is 0 Å². The van der Waals surface area contributed by atoms with Gasteiger partial charge in [-0.2, -0.15) is 0 Å². The van der Waals surface area contributed by atoms with Crippen LogP contribution in [0.1, 0.15) is 393 Å². The molecule has 3 N–H and O–H groups in total. The largest absolute Gasteiger partial charge is 0.394 e. The van der Waals surface area contributed by atoms with Crippen molar-refractivity contribution in [2.75, 3.05) is 6.61 Å². The van der Waals surface area contributed by atoms with Crippen molar-refractivity contribution in [3.63, 3.8) is 0 Å². The summed E-state index contributed by atoms with van der Waals surface area (Å²) >= 11 is 0. The van der Waals surface area contributed by atoms with Crippen LogP contribution in [-0.2, 0) is 4.79 Å². The molecule has 0 aromatic heterocycles. The molecular weight excluding hydrogens is 867 g/mol. The first-order valence-electron chi connectivity index (χ1n) is 33.4. The fourth-order valence-electron chi connectivity index (χ4n) is 11.0. The smallest absolute Gasteiger partial charge is 0.220 e. The van der Waals surface area contributed by atoms with Crippen LogP contribution in [0.15, 0.2) is 12.2 Å². The molecule has 0 aliphatic heterocycles. The van der Waals surface area contributed by atoms with Crippen molar-refractivity contribution in [2.45, 2.75) is 405 Å². The van der Waals surface area contributed by atoms with E-state index >= 15 is 0 Å². The van der Waals surface area contributed by atoms with E-state index in [0.717, 1.165) is 25.7 Å². The Labute approximate surface area is 447 Å². The molecule has 0 aromatic carbocycles. The number of carbonyl (C=O) groups excluding carboxylic acids is 1. The lowest BCUT2D eigenvalue weighted by Gasteiger charge is -2.20. The van der Waals surface area contributed by atoms with Gasteiger partial charge < -0.3 is 15.5 Å². The second-order valence-corrected chi connectivity index (χ2v) is 23.3. The Morgan fingerprint density at radius 1 is 0.324 bits per heavy atom. The molecule has 4 heteroatoms. The molecule has 0 aromatic rings. The lowest BCUT2D eigenvalue weighted by atomic mass is 10.0. The molecule has 0 fully saturated rings. The minimum Gasteiger partial charge on any atom is -0.394 e. The molecule has 0 heterocycles. The standard InChI is InChI=1S/C67H133NO3/c1-3-5-7-9-11-13-15-17-19-21-23-25-27-29-31-32-33-34-35-37-38-40-42-44-46-48-50-52-54-56-58-60-62-66(70)65(64-69)68-67(71)63-61-59-57-55-53-51-49-47-45-43-41-39-36-30-28-26-24-22-20-18-16-14-12-10-8-6-4-2/h60,62,65-66,69-70H,3-59,61,63-64H2,1-2H3,(H,68,71)/b62-60+. The molecule has 0 bridgehead atoms. The van der Waals surface area contributed by atoms with E-state index in [1.54, 1.807) is 6.08 Å². The van der Waals surface area contributed by atoms with Gasteiger partial charge >= 0.3 is 0 Å². The molecule has 2 atom stereocenters. The van der Waals surface area contributed by atoms with Crippen LogP contribution in [0.4, 0.5) is 0 Å². The quantitative estimate of drug-likeness (QED) is 0.0420. The van der Waals surface area contributed by atoms with Crippen molar-refractivity contribution in [3.8, 4) is 0 Å². The molecule has 424 valence electrons. The molecule has 0 saturated carbocycles. The Morgan fingerprint density at radius 2 is 0.521 bits per heavy atom. The van der Waals surface area contributed by atoms with Crippen LogP contribution in [0.25, 0.3) is 0 Å². The Bertz CT molecular complexity index is 998. The molecule has 1 amide bonds. The zero-order valence-corrected chi connectivity index (χ0v) is 49.0. The number of allylic oxidation sites excluding steroid dienone is 1. The number of aliphatic hydroxyl groups is 2. The predicted molar refractivity (Wildman–Crippen MR) is 318 cm³/mol. The molecular formula is C67H133NO3. The number of aliphatic hydroxyl groups excluding tert-OH is 2. The van der Waals surface area contributed by atoms with Crippen LogP contribution >= 0.6 is 0 Å². The van der Waals surface area contributed by atoms with Crippen LogP contribution < -0.4 is 5.32 Å². The van der Waals surface area contributed by atoms with Gasteiger partial charge in [-0.05, 0) is 19.3 Å². The highest BCUT2D eigenvalue weighted by Gasteiger charge is 2.18. The highest BCUT2D eigenvalue weighted by molar-refractivity contribution is 5.76. The van der Waals surface area contributed by atoms with Crippen molar-refractivity contribution in [1.82, 2.24) is 5.32 Å². The van der Waals surface area contributed by atoms with Crippen LogP contribution in [0.2, 0.25) is 0 Å². The lowest BCUT2D eigenvalue weighted by molar-refractivity contribution is -0.123. The second-order valence-electron chi connectivity index (χ2n) is 23.3. The van der Waals surface area contributed by atoms with Gasteiger partial charge in [0.05, 0.1) is 18.8 Å². The van der Waals surface area contributed by atoms with Gasteiger partial charge in [0.1, 0.15) is 0 Å². The molecule has 0 rings (SSSR count). The van der Waals surface area contributed by atoms with Gasteiger partial charge in [0.25, 0.3) is 0 Å². The van der Waals surface area contributed by atoms with Crippen molar-refractivity contribution < 1.29 is 15.0 Å². The molecule has 0 saturated heterocycles. The van der Waals surface area contributed by atoms with Crippen LogP contribution in [0, 0.1) is 0 Å². The second kappa shape index (κ2) is 63.4. The predicted octanol–water partition coefficient (Wildman–Crippen LogP) is 22.4. The third kappa shape index (κ3) is 59.9. The summed E-state index contributed by atoms with van der Waals surface area (Å²) in [6.45, 7) is 4.37. The maximum Gasteiger partial charge on any atom is 0.220 e. The topological polar surface area (TPSA) is 69.6 Å². The summed E-state index contributed by atoms with van der Waals surface area (Å²) < 4.78 is 0. The fraction of sp³-hybridized carbons (Fsp3) is 0.955. The van der Waals surface area contributed by atoms with Gasteiger partial charge in [0.2, 0.25) is 5.91 Å². The Hall–Kier alpha value is -0.870. The number of carbonyl (C=O) groups is 1. The monoisotopic (exact) mass is 1000 g/mol. The van der Waals surface area contributed by atoms with Crippen molar-refractivity contribution in [3.05, 3.63) is 12.2 Å². The number of amides is 1. The Kier molecular flexibility index (Phi) is 62.6. The van der Waals surface area contributed by atoms with E-state index in [2.05, 4.69) is 19.2 Å². The molecule has 71 heavy (non-hydrogen) atoms. The third-order valence-corrected chi connectivity index (χ3v) is 16.0. The van der Waals surface area contributed by atoms with E-state index in [0.29, 0.717) is 6.42 Å². The van der Waals surface area contributed by atoms with E-state index in [1.165, 1.54) is 347 Å². The maximum absolute atomic E-state index is 12.5. The Balaban J connectivity index is 3.40. The van der Waals surface area contributed by atoms with E-state index in [4.69, 9.17) is 0 Å². The van der Waals surface area contributed by atoms with E-state index < -0.39 is 12.1 Å². The maximum atomic E-state index is 12.5. The zero-order valence-electron chi connectivity index (χ0n) is 49.0. The summed E-state index contributed by atoms with van der Waals surface area (Å²) in [6.07, 6.45) is 84.3. The summed E-state index contributed by atoms with van der Waals surface area (Å²) in [4.78, 5) is 12.5. The molecule has 0 aliphatic rings. The van der Waals surface area contributed by atoms with E-state index in [1.807, 2.05) is 6.08 Å². The molecule has 0 aliphatic carbocycles. The van der Waals surface area contributed by atoms with Crippen molar-refractivity contribution in [2.24, 2.45) is 0 Å². The summed E-state index contributed by atoms with van der Waals surface area (Å²) in [6, 6.07) is -0.619. The van der Waals surface area contributed by atoms with E-state index in [-0.39, 0.29) is 12.5 Å². The number of nitrogens with one attached hydrogen (secondary N) is 1. The van der Waals surface area contributed by atoms with Gasteiger partial charge in [0.15, 0.2) is 0 Å². The van der Waals surface area contributed by atoms with Gasteiger partial charge in [-0.1, -0.05) is 379 Å². The fourth-order valence-corrected chi connectivity index (χ4v) is 11.0.